The van der Waals surface area contributed by atoms with E-state index in [1.807, 2.05) is 55.5 Å². The van der Waals surface area contributed by atoms with Gasteiger partial charge in [-0.3, -0.25) is 4.79 Å². The number of halogens is 1. The smallest absolute Gasteiger partial charge is 0.264 e. The van der Waals surface area contributed by atoms with Crippen LogP contribution in [-0.4, -0.2) is 11.1 Å². The molecule has 0 aromatic heterocycles. The Hall–Kier alpha value is -3.38. The van der Waals surface area contributed by atoms with Crippen molar-refractivity contribution < 1.29 is 13.9 Å². The summed E-state index contributed by atoms with van der Waals surface area (Å²) in [5.74, 6) is 0.169. The number of benzene rings is 3. The zero-order chi connectivity index (χ0) is 20.9. The van der Waals surface area contributed by atoms with Gasteiger partial charge in [-0.25, -0.2) is 9.38 Å². The van der Waals surface area contributed by atoms with Gasteiger partial charge >= 0.3 is 0 Å². The SMILES string of the molecule is Cc1ccc(N=C2NC(=O)/C(=C/c3ccccc3OCc3ccc(F)cc3)S2)cc1. The van der Waals surface area contributed by atoms with Gasteiger partial charge in [0.25, 0.3) is 5.91 Å². The lowest BCUT2D eigenvalue weighted by Crippen LogP contribution is -2.19. The molecular formula is C24H19FN2O2S. The van der Waals surface area contributed by atoms with Crippen molar-refractivity contribution in [3.63, 3.8) is 0 Å². The normalized spacial score (nSPS) is 16.1. The van der Waals surface area contributed by atoms with Crippen molar-refractivity contribution in [1.29, 1.82) is 0 Å². The Balaban J connectivity index is 1.51. The molecule has 1 aliphatic heterocycles. The molecule has 1 heterocycles. The van der Waals surface area contributed by atoms with Crippen LogP contribution in [0.2, 0.25) is 0 Å². The maximum atomic E-state index is 13.1. The molecule has 1 aliphatic rings. The van der Waals surface area contributed by atoms with Gasteiger partial charge in [0.05, 0.1) is 10.6 Å². The Labute approximate surface area is 178 Å². The van der Waals surface area contributed by atoms with Crippen LogP contribution in [0.15, 0.2) is 82.7 Å². The molecule has 0 radical (unpaired) electrons. The Kier molecular flexibility index (Phi) is 5.95. The molecule has 6 heteroatoms. The van der Waals surface area contributed by atoms with Gasteiger partial charge in [-0.1, -0.05) is 48.0 Å². The van der Waals surface area contributed by atoms with Crippen molar-refractivity contribution in [3.8, 4) is 5.75 Å². The van der Waals surface area contributed by atoms with Gasteiger partial charge in [0.15, 0.2) is 5.17 Å². The van der Waals surface area contributed by atoms with E-state index in [1.165, 1.54) is 23.9 Å². The number of carbonyl (C=O) groups is 1. The highest BCUT2D eigenvalue weighted by Crippen LogP contribution is 2.31. The van der Waals surface area contributed by atoms with Crippen molar-refractivity contribution in [2.75, 3.05) is 0 Å². The predicted octanol–water partition coefficient (Wildman–Crippen LogP) is 5.60. The van der Waals surface area contributed by atoms with Crippen molar-refractivity contribution in [1.82, 2.24) is 5.32 Å². The van der Waals surface area contributed by atoms with Crippen molar-refractivity contribution in [2.24, 2.45) is 4.99 Å². The van der Waals surface area contributed by atoms with Gasteiger partial charge in [0.1, 0.15) is 18.2 Å². The van der Waals surface area contributed by atoms with E-state index in [-0.39, 0.29) is 11.7 Å². The van der Waals surface area contributed by atoms with E-state index in [0.717, 1.165) is 22.4 Å². The van der Waals surface area contributed by atoms with Crippen molar-refractivity contribution >= 4 is 34.6 Å². The lowest BCUT2D eigenvalue weighted by atomic mass is 10.2. The van der Waals surface area contributed by atoms with Gasteiger partial charge in [0.2, 0.25) is 0 Å². The molecule has 150 valence electrons. The molecule has 30 heavy (non-hydrogen) atoms. The highest BCUT2D eigenvalue weighted by molar-refractivity contribution is 8.18. The van der Waals surface area contributed by atoms with Crippen molar-refractivity contribution in [3.05, 3.63) is 100 Å². The lowest BCUT2D eigenvalue weighted by Gasteiger charge is -2.09. The number of amides is 1. The van der Waals surface area contributed by atoms with Crippen LogP contribution in [0.25, 0.3) is 6.08 Å². The first-order chi connectivity index (χ1) is 14.6. The average molecular weight is 418 g/mol. The standard InChI is InChI=1S/C24H19FN2O2S/c1-16-6-12-20(13-7-16)26-24-27-23(28)22(30-24)14-18-4-2-3-5-21(18)29-15-17-8-10-19(25)11-9-17/h2-14H,15H2,1H3,(H,26,27,28)/b22-14-. The number of para-hydroxylation sites is 1. The zero-order valence-corrected chi connectivity index (χ0v) is 17.1. The molecule has 4 rings (SSSR count). The number of rotatable bonds is 5. The van der Waals surface area contributed by atoms with Crippen molar-refractivity contribution in [2.45, 2.75) is 13.5 Å². The molecule has 3 aromatic rings. The molecule has 0 aliphatic carbocycles. The molecule has 4 nitrogen and oxygen atoms in total. The first-order valence-electron chi connectivity index (χ1n) is 9.39. The molecular weight excluding hydrogens is 399 g/mol. The molecule has 0 bridgehead atoms. The lowest BCUT2D eigenvalue weighted by molar-refractivity contribution is -0.115. The van der Waals surface area contributed by atoms with Crippen LogP contribution in [0.4, 0.5) is 10.1 Å². The van der Waals surface area contributed by atoms with Gasteiger partial charge in [-0.15, -0.1) is 0 Å². The fourth-order valence-corrected chi connectivity index (χ4v) is 3.66. The summed E-state index contributed by atoms with van der Waals surface area (Å²) < 4.78 is 19.0. The maximum absolute atomic E-state index is 13.1. The number of aryl methyl sites for hydroxylation is 1. The summed E-state index contributed by atoms with van der Waals surface area (Å²) in [6.45, 7) is 2.32. The first-order valence-corrected chi connectivity index (χ1v) is 10.2. The molecule has 3 aromatic carbocycles. The van der Waals surface area contributed by atoms with Gasteiger partial charge in [-0.05, 0) is 60.7 Å². The quantitative estimate of drug-likeness (QED) is 0.549. The Bertz CT molecular complexity index is 1120. The van der Waals surface area contributed by atoms with E-state index in [0.29, 0.717) is 22.4 Å². The average Bonchev–Trinajstić information content (AvgIpc) is 3.09. The number of amidine groups is 1. The maximum Gasteiger partial charge on any atom is 0.264 e. The number of nitrogens with zero attached hydrogens (tertiary/aromatic N) is 1. The second-order valence-electron chi connectivity index (χ2n) is 6.77. The number of aliphatic imine (C=N–C) groups is 1. The fraction of sp³-hybridized carbons (Fsp3) is 0.0833. The molecule has 0 saturated carbocycles. The Morgan fingerprint density at radius 2 is 1.77 bits per heavy atom. The second kappa shape index (κ2) is 8.97. The van der Waals surface area contributed by atoms with Gasteiger partial charge in [-0.2, -0.15) is 0 Å². The van der Waals surface area contributed by atoms with E-state index in [2.05, 4.69) is 10.3 Å². The largest absolute Gasteiger partial charge is 0.488 e. The highest BCUT2D eigenvalue weighted by atomic mass is 32.2. The predicted molar refractivity (Wildman–Crippen MR) is 119 cm³/mol. The van der Waals surface area contributed by atoms with E-state index >= 15 is 0 Å². The molecule has 0 atom stereocenters. The number of hydrogen-bond donors (Lipinski definition) is 1. The van der Waals surface area contributed by atoms with Crippen LogP contribution in [0.3, 0.4) is 0 Å². The summed E-state index contributed by atoms with van der Waals surface area (Å²) in [6.07, 6.45) is 1.79. The molecule has 0 spiro atoms. The van der Waals surface area contributed by atoms with Gasteiger partial charge < -0.3 is 10.1 Å². The first kappa shape index (κ1) is 19.9. The Morgan fingerprint density at radius 1 is 1.03 bits per heavy atom. The monoisotopic (exact) mass is 418 g/mol. The third-order valence-electron chi connectivity index (χ3n) is 4.43. The van der Waals surface area contributed by atoms with E-state index < -0.39 is 0 Å². The minimum atomic E-state index is -0.281. The van der Waals surface area contributed by atoms with Crippen LogP contribution in [0.1, 0.15) is 16.7 Å². The van der Waals surface area contributed by atoms with Crippen LogP contribution in [-0.2, 0) is 11.4 Å². The van der Waals surface area contributed by atoms with Crippen LogP contribution >= 0.6 is 11.8 Å². The summed E-state index contributed by atoms with van der Waals surface area (Å²) in [5, 5.41) is 3.34. The number of thioether (sulfide) groups is 1. The van der Waals surface area contributed by atoms with E-state index in [4.69, 9.17) is 4.74 Å². The summed E-state index contributed by atoms with van der Waals surface area (Å²) >= 11 is 1.29. The third-order valence-corrected chi connectivity index (χ3v) is 5.34. The highest BCUT2D eigenvalue weighted by Gasteiger charge is 2.24. The van der Waals surface area contributed by atoms with Gasteiger partial charge in [0, 0.05) is 5.56 Å². The molecule has 1 amide bonds. The Morgan fingerprint density at radius 3 is 2.53 bits per heavy atom. The second-order valence-corrected chi connectivity index (χ2v) is 7.80. The minimum absolute atomic E-state index is 0.195. The topological polar surface area (TPSA) is 50.7 Å². The minimum Gasteiger partial charge on any atom is -0.488 e. The molecule has 1 N–H and O–H groups in total. The van der Waals surface area contributed by atoms with Crippen LogP contribution < -0.4 is 10.1 Å². The number of hydrogen-bond acceptors (Lipinski definition) is 4. The number of ether oxygens (including phenoxy) is 1. The van der Waals surface area contributed by atoms with E-state index in [1.54, 1.807) is 18.2 Å². The summed E-state index contributed by atoms with van der Waals surface area (Å²) in [7, 11) is 0. The van der Waals surface area contributed by atoms with E-state index in [9.17, 15) is 9.18 Å². The number of nitrogens with one attached hydrogen (secondary N) is 1. The summed E-state index contributed by atoms with van der Waals surface area (Å²) in [6, 6.07) is 21.4. The third kappa shape index (κ3) is 4.96. The summed E-state index contributed by atoms with van der Waals surface area (Å²) in [4.78, 5) is 17.4. The van der Waals surface area contributed by atoms with Crippen LogP contribution in [0, 0.1) is 12.7 Å². The summed E-state index contributed by atoms with van der Waals surface area (Å²) in [5.41, 5.74) is 3.58. The fourth-order valence-electron chi connectivity index (χ4n) is 2.83. The molecule has 1 fully saturated rings. The number of carbonyl (C=O) groups excluding carboxylic acids is 1. The van der Waals surface area contributed by atoms with Crippen LogP contribution in [0.5, 0.6) is 5.75 Å². The zero-order valence-electron chi connectivity index (χ0n) is 16.3. The molecule has 0 unspecified atom stereocenters. The molecule has 1 saturated heterocycles.